The van der Waals surface area contributed by atoms with Gasteiger partial charge in [-0.05, 0) is 65.6 Å². The number of benzene rings is 1. The van der Waals surface area contributed by atoms with Gasteiger partial charge in [0.2, 0.25) is 0 Å². The highest BCUT2D eigenvalue weighted by molar-refractivity contribution is 14.1. The fourth-order valence-electron chi connectivity index (χ4n) is 2.69. The molecule has 0 aliphatic carbocycles. The molecule has 0 bridgehead atoms. The highest BCUT2D eigenvalue weighted by Gasteiger charge is 2.23. The molecule has 2 unspecified atom stereocenters. The second-order valence-corrected chi connectivity index (χ2v) is 6.29. The number of piperidine rings is 1. The molecule has 1 fully saturated rings. The standard InChI is InChI=1S/C14H21IN2/c1-11-3-2-8-17(10-11)14(9-16)12-4-6-13(15)7-5-12/h4-7,11,14H,2-3,8-10,16H2,1H3. The molecule has 2 N–H and O–H groups in total. The van der Waals surface area contributed by atoms with Crippen molar-refractivity contribution in [2.45, 2.75) is 25.8 Å². The van der Waals surface area contributed by atoms with Crippen LogP contribution in [0, 0.1) is 9.49 Å². The van der Waals surface area contributed by atoms with Gasteiger partial charge in [0.05, 0.1) is 0 Å². The lowest BCUT2D eigenvalue weighted by molar-refractivity contribution is 0.133. The van der Waals surface area contributed by atoms with Crippen molar-refractivity contribution in [1.82, 2.24) is 4.90 Å². The van der Waals surface area contributed by atoms with E-state index in [1.165, 1.54) is 35.1 Å². The first-order valence-electron chi connectivity index (χ1n) is 6.40. The zero-order chi connectivity index (χ0) is 12.3. The topological polar surface area (TPSA) is 29.3 Å². The minimum Gasteiger partial charge on any atom is -0.329 e. The molecule has 1 heterocycles. The molecule has 2 nitrogen and oxygen atoms in total. The van der Waals surface area contributed by atoms with Crippen LogP contribution in [0.5, 0.6) is 0 Å². The van der Waals surface area contributed by atoms with Crippen molar-refractivity contribution in [3.63, 3.8) is 0 Å². The van der Waals surface area contributed by atoms with E-state index >= 15 is 0 Å². The summed E-state index contributed by atoms with van der Waals surface area (Å²) in [5, 5.41) is 0. The monoisotopic (exact) mass is 344 g/mol. The molecule has 0 aromatic heterocycles. The molecule has 0 spiro atoms. The van der Waals surface area contributed by atoms with Crippen LogP contribution in [-0.2, 0) is 0 Å². The van der Waals surface area contributed by atoms with E-state index in [0.717, 1.165) is 5.92 Å². The summed E-state index contributed by atoms with van der Waals surface area (Å²) in [6.45, 7) is 5.44. The van der Waals surface area contributed by atoms with Gasteiger partial charge in [-0.25, -0.2) is 0 Å². The zero-order valence-electron chi connectivity index (χ0n) is 10.4. The number of rotatable bonds is 3. The quantitative estimate of drug-likeness (QED) is 0.854. The van der Waals surface area contributed by atoms with Gasteiger partial charge in [0, 0.05) is 22.7 Å². The first-order valence-corrected chi connectivity index (χ1v) is 7.48. The smallest absolute Gasteiger partial charge is 0.0470 e. The van der Waals surface area contributed by atoms with E-state index in [4.69, 9.17) is 5.73 Å². The molecular weight excluding hydrogens is 323 g/mol. The van der Waals surface area contributed by atoms with Gasteiger partial charge in [-0.1, -0.05) is 19.1 Å². The van der Waals surface area contributed by atoms with Crippen LogP contribution in [0.2, 0.25) is 0 Å². The largest absolute Gasteiger partial charge is 0.329 e. The van der Waals surface area contributed by atoms with Crippen molar-refractivity contribution in [1.29, 1.82) is 0 Å². The van der Waals surface area contributed by atoms with E-state index in [1.54, 1.807) is 0 Å². The van der Waals surface area contributed by atoms with Crippen molar-refractivity contribution in [2.24, 2.45) is 11.7 Å². The van der Waals surface area contributed by atoms with Gasteiger partial charge in [0.1, 0.15) is 0 Å². The molecule has 1 aliphatic rings. The number of nitrogens with two attached hydrogens (primary N) is 1. The maximum Gasteiger partial charge on any atom is 0.0470 e. The van der Waals surface area contributed by atoms with Crippen molar-refractivity contribution >= 4 is 22.6 Å². The Morgan fingerprint density at radius 3 is 2.71 bits per heavy atom. The number of likely N-dealkylation sites (tertiary alicyclic amines) is 1. The Labute approximate surface area is 118 Å². The second kappa shape index (κ2) is 6.16. The molecule has 1 aliphatic heterocycles. The first kappa shape index (κ1) is 13.3. The van der Waals surface area contributed by atoms with Crippen molar-refractivity contribution < 1.29 is 0 Å². The van der Waals surface area contributed by atoms with Crippen LogP contribution in [0.4, 0.5) is 0 Å². The predicted molar refractivity (Wildman–Crippen MR) is 80.9 cm³/mol. The zero-order valence-corrected chi connectivity index (χ0v) is 12.6. The van der Waals surface area contributed by atoms with Crippen molar-refractivity contribution in [3.8, 4) is 0 Å². The normalized spacial score (nSPS) is 23.6. The molecule has 1 saturated heterocycles. The molecule has 1 aromatic rings. The average Bonchev–Trinajstić information content (AvgIpc) is 2.33. The highest BCUT2D eigenvalue weighted by Crippen LogP contribution is 2.26. The van der Waals surface area contributed by atoms with Gasteiger partial charge in [0.15, 0.2) is 0 Å². The maximum absolute atomic E-state index is 5.98. The Kier molecular flexibility index (Phi) is 4.82. The predicted octanol–water partition coefficient (Wildman–Crippen LogP) is 3.02. The molecule has 0 amide bonds. The van der Waals surface area contributed by atoms with E-state index in [-0.39, 0.29) is 0 Å². The number of hydrogen-bond donors (Lipinski definition) is 1. The van der Waals surface area contributed by atoms with E-state index < -0.39 is 0 Å². The summed E-state index contributed by atoms with van der Waals surface area (Å²) in [6.07, 6.45) is 2.67. The third kappa shape index (κ3) is 3.42. The lowest BCUT2D eigenvalue weighted by Crippen LogP contribution is -2.40. The number of halogens is 1. The number of nitrogens with zero attached hydrogens (tertiary/aromatic N) is 1. The fraction of sp³-hybridized carbons (Fsp3) is 0.571. The summed E-state index contributed by atoms with van der Waals surface area (Å²) in [7, 11) is 0. The molecule has 0 radical (unpaired) electrons. The molecule has 2 atom stereocenters. The minimum absolute atomic E-state index is 0.398. The molecule has 0 saturated carbocycles. The highest BCUT2D eigenvalue weighted by atomic mass is 127. The van der Waals surface area contributed by atoms with Gasteiger partial charge >= 0.3 is 0 Å². The summed E-state index contributed by atoms with van der Waals surface area (Å²) in [5.41, 5.74) is 7.34. The van der Waals surface area contributed by atoms with Gasteiger partial charge in [-0.3, -0.25) is 4.90 Å². The molecule has 94 valence electrons. The van der Waals surface area contributed by atoms with Gasteiger partial charge in [0.25, 0.3) is 0 Å². The molecule has 17 heavy (non-hydrogen) atoms. The Hall–Kier alpha value is -0.130. The van der Waals surface area contributed by atoms with Crippen molar-refractivity contribution in [2.75, 3.05) is 19.6 Å². The van der Waals surface area contributed by atoms with E-state index in [0.29, 0.717) is 12.6 Å². The van der Waals surface area contributed by atoms with Crippen LogP contribution in [0.1, 0.15) is 31.4 Å². The third-order valence-corrected chi connectivity index (χ3v) is 4.33. The minimum atomic E-state index is 0.398. The lowest BCUT2D eigenvalue weighted by Gasteiger charge is -2.37. The van der Waals surface area contributed by atoms with Crippen molar-refractivity contribution in [3.05, 3.63) is 33.4 Å². The third-order valence-electron chi connectivity index (χ3n) is 3.61. The summed E-state index contributed by atoms with van der Waals surface area (Å²) in [4.78, 5) is 2.55. The van der Waals surface area contributed by atoms with Crippen LogP contribution in [0.15, 0.2) is 24.3 Å². The molecule has 3 heteroatoms. The lowest BCUT2D eigenvalue weighted by atomic mass is 9.96. The second-order valence-electron chi connectivity index (χ2n) is 5.05. The van der Waals surface area contributed by atoms with Crippen LogP contribution < -0.4 is 5.73 Å². The van der Waals surface area contributed by atoms with E-state index in [9.17, 15) is 0 Å². The SMILES string of the molecule is CC1CCCN(C(CN)c2ccc(I)cc2)C1. The summed E-state index contributed by atoms with van der Waals surface area (Å²) < 4.78 is 1.29. The van der Waals surface area contributed by atoms with Gasteiger partial charge in [-0.15, -0.1) is 0 Å². The fourth-order valence-corrected chi connectivity index (χ4v) is 3.05. The van der Waals surface area contributed by atoms with Gasteiger partial charge < -0.3 is 5.73 Å². The first-order chi connectivity index (χ1) is 8.20. The summed E-state index contributed by atoms with van der Waals surface area (Å²) >= 11 is 2.34. The maximum atomic E-state index is 5.98. The van der Waals surface area contributed by atoms with Crippen LogP contribution in [0.25, 0.3) is 0 Å². The Morgan fingerprint density at radius 2 is 2.12 bits per heavy atom. The van der Waals surface area contributed by atoms with Crippen LogP contribution in [-0.4, -0.2) is 24.5 Å². The molecule has 1 aromatic carbocycles. The Balaban J connectivity index is 2.12. The summed E-state index contributed by atoms with van der Waals surface area (Å²) in [6, 6.07) is 9.18. The Morgan fingerprint density at radius 1 is 1.41 bits per heavy atom. The number of hydrogen-bond acceptors (Lipinski definition) is 2. The van der Waals surface area contributed by atoms with E-state index in [2.05, 4.69) is 58.7 Å². The molecule has 2 rings (SSSR count). The summed E-state index contributed by atoms with van der Waals surface area (Å²) in [5.74, 6) is 0.807. The van der Waals surface area contributed by atoms with Gasteiger partial charge in [-0.2, -0.15) is 0 Å². The van der Waals surface area contributed by atoms with Crippen LogP contribution >= 0.6 is 22.6 Å². The van der Waals surface area contributed by atoms with E-state index in [1.807, 2.05) is 0 Å². The molecular formula is C14H21IN2. The average molecular weight is 344 g/mol. The Bertz CT molecular complexity index is 350. The van der Waals surface area contributed by atoms with Crippen LogP contribution in [0.3, 0.4) is 0 Å².